The zero-order valence-corrected chi connectivity index (χ0v) is 23.4. The molecule has 0 saturated carbocycles. The Hall–Kier alpha value is -6.61. The molecule has 0 fully saturated rings. The van der Waals surface area contributed by atoms with Crippen LogP contribution in [0.1, 0.15) is 5.56 Å². The van der Waals surface area contributed by atoms with Gasteiger partial charge in [0.15, 0.2) is 0 Å². The molecule has 0 atom stereocenters. The topological polar surface area (TPSA) is 42.4 Å². The standard InChI is InChI=1S/C39H21N5/c1-41-32-11-5-8-14-38(32)43-34-12-6-3-9-28(34)30-22-26(16-19-36(30)43)27-17-20-37-31(23-27)29-10-4-7-13-35(29)44(37)39-18-15-25(24-40)21-33(39)42-2/h3-23H. The first-order chi connectivity index (χ1) is 21.7. The Balaban J connectivity index is 1.35. The van der Waals surface area contributed by atoms with Crippen molar-refractivity contribution in [3.05, 3.63) is 156 Å². The van der Waals surface area contributed by atoms with Gasteiger partial charge in [-0.05, 0) is 71.8 Å². The number of hydrogen-bond acceptors (Lipinski definition) is 1. The molecular weight excluding hydrogens is 538 g/mol. The highest BCUT2D eigenvalue weighted by atomic mass is 15.0. The van der Waals surface area contributed by atoms with Gasteiger partial charge in [0, 0.05) is 27.1 Å². The molecule has 5 nitrogen and oxygen atoms in total. The molecule has 0 amide bonds. The average Bonchev–Trinajstić information content (AvgIpc) is 3.60. The van der Waals surface area contributed by atoms with Crippen LogP contribution < -0.4 is 0 Å². The van der Waals surface area contributed by atoms with Crippen LogP contribution in [0.2, 0.25) is 0 Å². The summed E-state index contributed by atoms with van der Waals surface area (Å²) in [6, 6.07) is 44.8. The molecular formula is C39H21N5. The highest BCUT2D eigenvalue weighted by molar-refractivity contribution is 6.13. The van der Waals surface area contributed by atoms with E-state index in [9.17, 15) is 5.26 Å². The van der Waals surface area contributed by atoms with Crippen molar-refractivity contribution >= 4 is 55.0 Å². The molecule has 0 spiro atoms. The third-order valence-corrected chi connectivity index (χ3v) is 8.39. The minimum Gasteiger partial charge on any atom is -0.319 e. The molecule has 0 unspecified atom stereocenters. The Morgan fingerprint density at radius 1 is 0.477 bits per heavy atom. The summed E-state index contributed by atoms with van der Waals surface area (Å²) >= 11 is 0. The van der Waals surface area contributed by atoms with Crippen LogP contribution in [0.4, 0.5) is 11.4 Å². The van der Waals surface area contributed by atoms with Crippen LogP contribution in [0, 0.1) is 24.5 Å². The normalized spacial score (nSPS) is 11.1. The summed E-state index contributed by atoms with van der Waals surface area (Å²) < 4.78 is 4.31. The summed E-state index contributed by atoms with van der Waals surface area (Å²) in [5.41, 5.74) is 9.46. The quantitative estimate of drug-likeness (QED) is 0.199. The molecule has 2 heterocycles. The predicted molar refractivity (Wildman–Crippen MR) is 178 cm³/mol. The molecule has 0 aliphatic rings. The Bertz CT molecular complexity index is 2600. The van der Waals surface area contributed by atoms with Gasteiger partial charge in [-0.1, -0.05) is 66.7 Å². The molecule has 5 heteroatoms. The molecule has 0 aliphatic heterocycles. The first-order valence-corrected chi connectivity index (χ1v) is 14.2. The van der Waals surface area contributed by atoms with Gasteiger partial charge in [0.25, 0.3) is 0 Å². The van der Waals surface area contributed by atoms with E-state index in [0.29, 0.717) is 16.9 Å². The predicted octanol–water partition coefficient (Wildman–Crippen LogP) is 10.5. The molecule has 0 N–H and O–H groups in total. The third kappa shape index (κ3) is 3.63. The fourth-order valence-corrected chi connectivity index (χ4v) is 6.44. The maximum Gasteiger partial charge on any atom is 0.211 e. The maximum atomic E-state index is 9.40. The fourth-order valence-electron chi connectivity index (χ4n) is 6.44. The largest absolute Gasteiger partial charge is 0.319 e. The van der Waals surface area contributed by atoms with Gasteiger partial charge in [-0.2, -0.15) is 5.26 Å². The molecule has 0 aliphatic carbocycles. The Labute approximate surface area is 253 Å². The Morgan fingerprint density at radius 2 is 0.977 bits per heavy atom. The van der Waals surface area contributed by atoms with Crippen molar-refractivity contribution in [1.29, 1.82) is 5.26 Å². The monoisotopic (exact) mass is 559 g/mol. The lowest BCUT2D eigenvalue weighted by Gasteiger charge is -2.11. The summed E-state index contributed by atoms with van der Waals surface area (Å²) in [5.74, 6) is 0. The van der Waals surface area contributed by atoms with Gasteiger partial charge in [0.1, 0.15) is 0 Å². The van der Waals surface area contributed by atoms with E-state index in [4.69, 9.17) is 13.1 Å². The van der Waals surface area contributed by atoms with Crippen molar-refractivity contribution in [1.82, 2.24) is 9.13 Å². The van der Waals surface area contributed by atoms with Crippen LogP contribution in [-0.4, -0.2) is 9.13 Å². The van der Waals surface area contributed by atoms with E-state index < -0.39 is 0 Å². The smallest absolute Gasteiger partial charge is 0.211 e. The van der Waals surface area contributed by atoms with E-state index in [2.05, 4.69) is 91.6 Å². The van der Waals surface area contributed by atoms with Crippen molar-refractivity contribution in [2.45, 2.75) is 0 Å². The third-order valence-electron chi connectivity index (χ3n) is 8.39. The number of benzene rings is 6. The molecule has 6 aromatic carbocycles. The second kappa shape index (κ2) is 9.74. The van der Waals surface area contributed by atoms with Crippen LogP contribution in [0.25, 0.3) is 75.8 Å². The first kappa shape index (κ1) is 25.1. The molecule has 202 valence electrons. The van der Waals surface area contributed by atoms with Gasteiger partial charge >= 0.3 is 0 Å². The zero-order valence-electron chi connectivity index (χ0n) is 23.4. The van der Waals surface area contributed by atoms with Crippen LogP contribution in [0.3, 0.4) is 0 Å². The summed E-state index contributed by atoms with van der Waals surface area (Å²) in [6.07, 6.45) is 0. The van der Waals surface area contributed by atoms with Gasteiger partial charge in [-0.25, -0.2) is 9.69 Å². The summed E-state index contributed by atoms with van der Waals surface area (Å²) in [6.45, 7) is 15.6. The molecule has 44 heavy (non-hydrogen) atoms. The molecule has 8 rings (SSSR count). The number of nitrogens with zero attached hydrogens (tertiary/aromatic N) is 5. The van der Waals surface area contributed by atoms with Gasteiger partial charge in [-0.3, -0.25) is 0 Å². The minimum atomic E-state index is 0.442. The fraction of sp³-hybridized carbons (Fsp3) is 0. The lowest BCUT2D eigenvalue weighted by atomic mass is 10.0. The van der Waals surface area contributed by atoms with E-state index in [0.717, 1.165) is 66.1 Å². The van der Waals surface area contributed by atoms with Gasteiger partial charge in [-0.15, -0.1) is 0 Å². The van der Waals surface area contributed by atoms with E-state index in [1.54, 1.807) is 12.1 Å². The molecule has 2 aromatic heterocycles. The maximum absolute atomic E-state index is 9.40. The second-order valence-corrected chi connectivity index (χ2v) is 10.7. The minimum absolute atomic E-state index is 0.442. The number of rotatable bonds is 3. The van der Waals surface area contributed by atoms with Crippen molar-refractivity contribution in [3.8, 4) is 28.6 Å². The summed E-state index contributed by atoms with van der Waals surface area (Å²) in [7, 11) is 0. The van der Waals surface area contributed by atoms with Gasteiger partial charge in [0.05, 0.1) is 52.7 Å². The number of nitriles is 1. The van der Waals surface area contributed by atoms with Crippen LogP contribution in [-0.2, 0) is 0 Å². The van der Waals surface area contributed by atoms with Crippen LogP contribution in [0.5, 0.6) is 0 Å². The Kier molecular flexibility index (Phi) is 5.56. The molecule has 0 saturated heterocycles. The van der Waals surface area contributed by atoms with Gasteiger partial charge in [0.2, 0.25) is 11.4 Å². The Morgan fingerprint density at radius 3 is 1.55 bits per heavy atom. The van der Waals surface area contributed by atoms with E-state index in [1.165, 1.54) is 0 Å². The van der Waals surface area contributed by atoms with E-state index in [-0.39, 0.29) is 0 Å². The number of para-hydroxylation sites is 4. The van der Waals surface area contributed by atoms with Crippen LogP contribution >= 0.6 is 0 Å². The average molecular weight is 560 g/mol. The first-order valence-electron chi connectivity index (χ1n) is 14.2. The summed E-state index contributed by atoms with van der Waals surface area (Å²) in [4.78, 5) is 7.56. The van der Waals surface area contributed by atoms with Crippen LogP contribution in [0.15, 0.2) is 127 Å². The molecule has 0 radical (unpaired) electrons. The van der Waals surface area contributed by atoms with Crippen molar-refractivity contribution < 1.29 is 0 Å². The number of fused-ring (bicyclic) bond motifs is 6. The zero-order chi connectivity index (χ0) is 29.8. The van der Waals surface area contributed by atoms with Crippen molar-refractivity contribution in [2.75, 3.05) is 0 Å². The van der Waals surface area contributed by atoms with Crippen molar-refractivity contribution in [2.24, 2.45) is 0 Å². The highest BCUT2D eigenvalue weighted by Crippen LogP contribution is 2.40. The summed E-state index contributed by atoms with van der Waals surface area (Å²) in [5, 5.41) is 13.8. The SMILES string of the molecule is [C-]#[N+]c1ccccc1-n1c2ccccc2c2cc(-c3ccc4c(c3)c3ccccc3n4-c3ccc(C#N)cc3[N+]#[C-])ccc21. The van der Waals surface area contributed by atoms with Crippen molar-refractivity contribution in [3.63, 3.8) is 0 Å². The van der Waals surface area contributed by atoms with E-state index in [1.807, 2.05) is 48.5 Å². The second-order valence-electron chi connectivity index (χ2n) is 10.7. The number of hydrogen-bond donors (Lipinski definition) is 0. The number of aromatic nitrogens is 2. The van der Waals surface area contributed by atoms with Gasteiger partial charge < -0.3 is 9.13 Å². The highest BCUT2D eigenvalue weighted by Gasteiger charge is 2.18. The lowest BCUT2D eigenvalue weighted by molar-refractivity contribution is 1.18. The van der Waals surface area contributed by atoms with E-state index >= 15 is 0 Å². The lowest BCUT2D eigenvalue weighted by Crippen LogP contribution is -1.94. The molecule has 0 bridgehead atoms. The molecule has 8 aromatic rings.